The first-order chi connectivity index (χ1) is 14.2. The van der Waals surface area contributed by atoms with E-state index in [9.17, 15) is 4.79 Å². The standard InChI is InChI=1S/C23H21N3O3/c1-3-29-17-8-6-7-15(13-17)16-11-12-18-20(14-16)25-26-22(18)24-23(27)19-9-4-5-10-21(19)28-2/h4-14H,3H2,1-2H3,(H2,24,25,26,27). The molecule has 1 amide bonds. The minimum absolute atomic E-state index is 0.274. The molecule has 0 saturated carbocycles. The summed E-state index contributed by atoms with van der Waals surface area (Å²) in [6, 6.07) is 21.0. The molecular weight excluding hydrogens is 366 g/mol. The van der Waals surface area contributed by atoms with Crippen molar-refractivity contribution in [1.82, 2.24) is 10.2 Å². The van der Waals surface area contributed by atoms with Crippen molar-refractivity contribution in [1.29, 1.82) is 0 Å². The monoisotopic (exact) mass is 387 g/mol. The minimum atomic E-state index is -0.274. The third kappa shape index (κ3) is 3.78. The third-order valence-electron chi connectivity index (χ3n) is 4.62. The predicted molar refractivity (Wildman–Crippen MR) is 114 cm³/mol. The molecule has 6 heteroatoms. The van der Waals surface area contributed by atoms with E-state index in [2.05, 4.69) is 15.5 Å². The van der Waals surface area contributed by atoms with Gasteiger partial charge in [-0.25, -0.2) is 0 Å². The molecule has 0 saturated heterocycles. The van der Waals surface area contributed by atoms with Gasteiger partial charge in [0.05, 0.1) is 24.8 Å². The number of anilines is 1. The van der Waals surface area contributed by atoms with Gasteiger partial charge in [-0.05, 0) is 54.4 Å². The van der Waals surface area contributed by atoms with Crippen LogP contribution in [0.15, 0.2) is 66.7 Å². The second-order valence-electron chi connectivity index (χ2n) is 6.45. The third-order valence-corrected chi connectivity index (χ3v) is 4.62. The van der Waals surface area contributed by atoms with Crippen molar-refractivity contribution in [2.45, 2.75) is 6.92 Å². The van der Waals surface area contributed by atoms with Gasteiger partial charge in [0.15, 0.2) is 5.82 Å². The van der Waals surface area contributed by atoms with E-state index in [1.807, 2.05) is 55.5 Å². The van der Waals surface area contributed by atoms with E-state index in [0.717, 1.165) is 27.8 Å². The van der Waals surface area contributed by atoms with Gasteiger partial charge < -0.3 is 14.8 Å². The molecule has 0 aliphatic carbocycles. The Morgan fingerprint density at radius 2 is 1.86 bits per heavy atom. The zero-order valence-electron chi connectivity index (χ0n) is 16.2. The van der Waals surface area contributed by atoms with Crippen LogP contribution in [-0.4, -0.2) is 29.8 Å². The van der Waals surface area contributed by atoms with E-state index in [0.29, 0.717) is 23.7 Å². The number of aromatic amines is 1. The zero-order valence-corrected chi connectivity index (χ0v) is 16.2. The Balaban J connectivity index is 1.62. The summed E-state index contributed by atoms with van der Waals surface area (Å²) in [6.45, 7) is 2.59. The fraction of sp³-hybridized carbons (Fsp3) is 0.130. The van der Waals surface area contributed by atoms with Gasteiger partial charge in [0.25, 0.3) is 5.91 Å². The molecule has 0 aliphatic heterocycles. The zero-order chi connectivity index (χ0) is 20.2. The van der Waals surface area contributed by atoms with Gasteiger partial charge >= 0.3 is 0 Å². The molecule has 0 fully saturated rings. The molecule has 0 unspecified atom stereocenters. The fourth-order valence-corrected chi connectivity index (χ4v) is 3.23. The molecule has 0 aliphatic rings. The number of aromatic nitrogens is 2. The van der Waals surface area contributed by atoms with Gasteiger partial charge in [0.1, 0.15) is 11.5 Å². The molecule has 0 atom stereocenters. The number of benzene rings is 3. The van der Waals surface area contributed by atoms with Gasteiger partial charge in [-0.1, -0.05) is 30.3 Å². The summed E-state index contributed by atoms with van der Waals surface area (Å²) in [4.78, 5) is 12.7. The number of hydrogen-bond donors (Lipinski definition) is 2. The summed E-state index contributed by atoms with van der Waals surface area (Å²) in [5.74, 6) is 1.55. The fourth-order valence-electron chi connectivity index (χ4n) is 3.23. The van der Waals surface area contributed by atoms with Crippen LogP contribution in [0.3, 0.4) is 0 Å². The maximum Gasteiger partial charge on any atom is 0.260 e. The highest BCUT2D eigenvalue weighted by Gasteiger charge is 2.15. The molecule has 4 rings (SSSR count). The minimum Gasteiger partial charge on any atom is -0.496 e. The first kappa shape index (κ1) is 18.6. The maximum atomic E-state index is 12.7. The summed E-state index contributed by atoms with van der Waals surface area (Å²) >= 11 is 0. The summed E-state index contributed by atoms with van der Waals surface area (Å²) in [5, 5.41) is 11.0. The molecule has 6 nitrogen and oxygen atoms in total. The van der Waals surface area contributed by atoms with Crippen LogP contribution < -0.4 is 14.8 Å². The molecule has 1 aromatic heterocycles. The van der Waals surface area contributed by atoms with Gasteiger partial charge in [-0.3, -0.25) is 9.89 Å². The average Bonchev–Trinajstić information content (AvgIpc) is 3.16. The van der Waals surface area contributed by atoms with E-state index in [-0.39, 0.29) is 5.91 Å². The average molecular weight is 387 g/mol. The number of carbonyl (C=O) groups excluding carboxylic acids is 1. The predicted octanol–water partition coefficient (Wildman–Crippen LogP) is 4.89. The molecule has 0 radical (unpaired) electrons. The van der Waals surface area contributed by atoms with Crippen LogP contribution in [0.2, 0.25) is 0 Å². The molecule has 2 N–H and O–H groups in total. The number of carbonyl (C=O) groups is 1. The van der Waals surface area contributed by atoms with Crippen LogP contribution in [0.5, 0.6) is 11.5 Å². The number of hydrogen-bond acceptors (Lipinski definition) is 4. The highest BCUT2D eigenvalue weighted by Crippen LogP contribution is 2.29. The quantitative estimate of drug-likeness (QED) is 0.494. The number of amides is 1. The Kier molecular flexibility index (Phi) is 5.16. The number of ether oxygens (including phenoxy) is 2. The normalized spacial score (nSPS) is 10.7. The van der Waals surface area contributed by atoms with Crippen molar-refractivity contribution >= 4 is 22.6 Å². The molecule has 146 valence electrons. The first-order valence-electron chi connectivity index (χ1n) is 9.35. The summed E-state index contributed by atoms with van der Waals surface area (Å²) in [5.41, 5.74) is 3.37. The Morgan fingerprint density at radius 3 is 2.69 bits per heavy atom. The Morgan fingerprint density at radius 1 is 1.03 bits per heavy atom. The van der Waals surface area contributed by atoms with Crippen molar-refractivity contribution in [2.75, 3.05) is 19.0 Å². The van der Waals surface area contributed by atoms with E-state index < -0.39 is 0 Å². The van der Waals surface area contributed by atoms with Crippen molar-refractivity contribution in [3.63, 3.8) is 0 Å². The van der Waals surface area contributed by atoms with Crippen LogP contribution in [0.4, 0.5) is 5.82 Å². The number of fused-ring (bicyclic) bond motifs is 1. The second kappa shape index (κ2) is 8.06. The molecule has 4 aromatic rings. The Labute approximate surface area is 168 Å². The van der Waals surface area contributed by atoms with Crippen molar-refractivity contribution < 1.29 is 14.3 Å². The number of para-hydroxylation sites is 1. The van der Waals surface area contributed by atoms with E-state index in [1.54, 1.807) is 18.2 Å². The Bertz CT molecular complexity index is 1170. The molecule has 1 heterocycles. The first-order valence-corrected chi connectivity index (χ1v) is 9.35. The number of methoxy groups -OCH3 is 1. The summed E-state index contributed by atoms with van der Waals surface area (Å²) in [7, 11) is 1.54. The van der Waals surface area contributed by atoms with Gasteiger partial charge in [-0.15, -0.1) is 0 Å². The lowest BCUT2D eigenvalue weighted by Crippen LogP contribution is -2.13. The lowest BCUT2D eigenvalue weighted by atomic mass is 10.0. The van der Waals surface area contributed by atoms with E-state index in [1.165, 1.54) is 7.11 Å². The van der Waals surface area contributed by atoms with Crippen LogP contribution >= 0.6 is 0 Å². The molecular formula is C23H21N3O3. The topological polar surface area (TPSA) is 76.2 Å². The number of H-pyrrole nitrogens is 1. The lowest BCUT2D eigenvalue weighted by molar-refractivity contribution is 0.102. The summed E-state index contributed by atoms with van der Waals surface area (Å²) < 4.78 is 10.9. The van der Waals surface area contributed by atoms with Crippen LogP contribution in [0.25, 0.3) is 22.0 Å². The number of nitrogens with one attached hydrogen (secondary N) is 2. The van der Waals surface area contributed by atoms with E-state index in [4.69, 9.17) is 9.47 Å². The maximum absolute atomic E-state index is 12.7. The smallest absolute Gasteiger partial charge is 0.260 e. The number of rotatable bonds is 6. The lowest BCUT2D eigenvalue weighted by Gasteiger charge is -2.08. The molecule has 0 bridgehead atoms. The van der Waals surface area contributed by atoms with Crippen molar-refractivity contribution in [3.8, 4) is 22.6 Å². The van der Waals surface area contributed by atoms with Gasteiger partial charge in [0.2, 0.25) is 0 Å². The second-order valence-corrected chi connectivity index (χ2v) is 6.45. The van der Waals surface area contributed by atoms with Crippen molar-refractivity contribution in [3.05, 3.63) is 72.3 Å². The SMILES string of the molecule is CCOc1cccc(-c2ccc3c(NC(=O)c4ccccc4OC)n[nH]c3c2)c1. The molecule has 29 heavy (non-hydrogen) atoms. The van der Waals surface area contributed by atoms with Crippen LogP contribution in [0.1, 0.15) is 17.3 Å². The molecule has 3 aromatic carbocycles. The molecule has 0 spiro atoms. The van der Waals surface area contributed by atoms with E-state index >= 15 is 0 Å². The highest BCUT2D eigenvalue weighted by atomic mass is 16.5. The van der Waals surface area contributed by atoms with Crippen LogP contribution in [0, 0.1) is 0 Å². The van der Waals surface area contributed by atoms with Crippen LogP contribution in [-0.2, 0) is 0 Å². The Hall–Kier alpha value is -3.80. The number of nitrogens with zero attached hydrogens (tertiary/aromatic N) is 1. The van der Waals surface area contributed by atoms with Crippen molar-refractivity contribution in [2.24, 2.45) is 0 Å². The van der Waals surface area contributed by atoms with Gasteiger partial charge in [0, 0.05) is 5.39 Å². The largest absolute Gasteiger partial charge is 0.496 e. The highest BCUT2D eigenvalue weighted by molar-refractivity contribution is 6.09. The van der Waals surface area contributed by atoms with Gasteiger partial charge in [-0.2, -0.15) is 5.10 Å². The summed E-state index contributed by atoms with van der Waals surface area (Å²) in [6.07, 6.45) is 0.